The molecule has 2 bridgehead atoms. The lowest BCUT2D eigenvalue weighted by molar-refractivity contribution is -0.138. The SMILES string of the molecule is C=C(C)CCC12CC(=O)CC(C=C1C)O2. The van der Waals surface area contributed by atoms with E-state index in [1.807, 2.05) is 6.92 Å². The van der Waals surface area contributed by atoms with Crippen molar-refractivity contribution < 1.29 is 9.53 Å². The quantitative estimate of drug-likeness (QED) is 0.664. The highest BCUT2D eigenvalue weighted by Gasteiger charge is 2.45. The van der Waals surface area contributed by atoms with Gasteiger partial charge in [-0.3, -0.25) is 4.79 Å². The molecule has 2 unspecified atom stereocenters. The molecule has 0 spiro atoms. The number of hydrogen-bond acceptors (Lipinski definition) is 2. The molecule has 0 N–H and O–H groups in total. The standard InChI is InChI=1S/C13H18O2/c1-9(2)4-5-13-8-11(14)7-12(15-13)6-10(13)3/h6,12H,1,4-5,7-8H2,2-3H3. The molecule has 0 amide bonds. The number of ketones is 1. The number of fused-ring (bicyclic) bond motifs is 2. The van der Waals surface area contributed by atoms with E-state index in [0.29, 0.717) is 18.6 Å². The van der Waals surface area contributed by atoms with Gasteiger partial charge in [-0.15, -0.1) is 6.58 Å². The lowest BCUT2D eigenvalue weighted by atomic mass is 9.84. The monoisotopic (exact) mass is 206 g/mol. The van der Waals surface area contributed by atoms with Crippen LogP contribution in [0.4, 0.5) is 0 Å². The Morgan fingerprint density at radius 3 is 3.13 bits per heavy atom. The van der Waals surface area contributed by atoms with Crippen LogP contribution in [0.25, 0.3) is 0 Å². The zero-order valence-electron chi connectivity index (χ0n) is 9.51. The fourth-order valence-electron chi connectivity index (χ4n) is 2.50. The maximum atomic E-state index is 11.6. The number of allylic oxidation sites excluding steroid dienone is 1. The van der Waals surface area contributed by atoms with Crippen molar-refractivity contribution in [3.05, 3.63) is 23.8 Å². The molecule has 2 atom stereocenters. The molecule has 0 aromatic carbocycles. The van der Waals surface area contributed by atoms with Crippen LogP contribution in [0.2, 0.25) is 0 Å². The highest BCUT2D eigenvalue weighted by atomic mass is 16.5. The van der Waals surface area contributed by atoms with Crippen molar-refractivity contribution in [1.29, 1.82) is 0 Å². The molecule has 0 aromatic heterocycles. The lowest BCUT2D eigenvalue weighted by Gasteiger charge is -2.35. The van der Waals surface area contributed by atoms with Gasteiger partial charge in [0.05, 0.1) is 11.7 Å². The Hall–Kier alpha value is -0.890. The molecule has 2 aliphatic rings. The molecule has 82 valence electrons. The Balaban J connectivity index is 2.14. The van der Waals surface area contributed by atoms with Crippen molar-refractivity contribution in [2.45, 2.75) is 51.2 Å². The van der Waals surface area contributed by atoms with Crippen LogP contribution in [0, 0.1) is 0 Å². The van der Waals surface area contributed by atoms with Crippen molar-refractivity contribution in [3.8, 4) is 0 Å². The van der Waals surface area contributed by atoms with Crippen molar-refractivity contribution in [2.24, 2.45) is 0 Å². The van der Waals surface area contributed by atoms with Gasteiger partial charge in [0.15, 0.2) is 0 Å². The molecule has 1 saturated heterocycles. The summed E-state index contributed by atoms with van der Waals surface area (Å²) in [6.45, 7) is 8.00. The van der Waals surface area contributed by atoms with Crippen LogP contribution >= 0.6 is 0 Å². The van der Waals surface area contributed by atoms with Crippen molar-refractivity contribution >= 4 is 5.78 Å². The molecule has 1 fully saturated rings. The molecule has 0 saturated carbocycles. The van der Waals surface area contributed by atoms with Crippen LogP contribution in [-0.2, 0) is 9.53 Å². The Morgan fingerprint density at radius 2 is 2.47 bits per heavy atom. The minimum absolute atomic E-state index is 0.0383. The van der Waals surface area contributed by atoms with E-state index in [0.717, 1.165) is 18.4 Å². The molecule has 2 rings (SSSR count). The van der Waals surface area contributed by atoms with Gasteiger partial charge in [0.2, 0.25) is 0 Å². The highest BCUT2D eigenvalue weighted by Crippen LogP contribution is 2.43. The van der Waals surface area contributed by atoms with E-state index < -0.39 is 0 Å². The minimum atomic E-state index is -0.293. The van der Waals surface area contributed by atoms with Gasteiger partial charge < -0.3 is 4.74 Å². The zero-order valence-corrected chi connectivity index (χ0v) is 9.51. The van der Waals surface area contributed by atoms with Gasteiger partial charge in [-0.1, -0.05) is 11.6 Å². The lowest BCUT2D eigenvalue weighted by Crippen LogP contribution is -2.39. The van der Waals surface area contributed by atoms with E-state index in [-0.39, 0.29) is 11.7 Å². The van der Waals surface area contributed by atoms with E-state index in [9.17, 15) is 4.79 Å². The third-order valence-electron chi connectivity index (χ3n) is 3.40. The van der Waals surface area contributed by atoms with Gasteiger partial charge in [0.25, 0.3) is 0 Å². The highest BCUT2D eigenvalue weighted by molar-refractivity contribution is 5.82. The van der Waals surface area contributed by atoms with E-state index >= 15 is 0 Å². The Labute approximate surface area is 91.0 Å². The Bertz CT molecular complexity index is 340. The number of ether oxygens (including phenoxy) is 1. The molecule has 0 aliphatic carbocycles. The number of rotatable bonds is 3. The molecule has 0 radical (unpaired) electrons. The minimum Gasteiger partial charge on any atom is -0.362 e. The van der Waals surface area contributed by atoms with Crippen LogP contribution in [0.3, 0.4) is 0 Å². The van der Waals surface area contributed by atoms with Crippen LogP contribution in [0.5, 0.6) is 0 Å². The van der Waals surface area contributed by atoms with Gasteiger partial charge in [-0.05, 0) is 32.3 Å². The van der Waals surface area contributed by atoms with Gasteiger partial charge in [0, 0.05) is 12.8 Å². The first-order valence-corrected chi connectivity index (χ1v) is 5.55. The average Bonchev–Trinajstić information content (AvgIpc) is 2.35. The second kappa shape index (κ2) is 3.60. The van der Waals surface area contributed by atoms with Gasteiger partial charge in [-0.25, -0.2) is 0 Å². The molecule has 2 heterocycles. The van der Waals surface area contributed by atoms with Crippen molar-refractivity contribution in [1.82, 2.24) is 0 Å². The van der Waals surface area contributed by atoms with Crippen LogP contribution in [-0.4, -0.2) is 17.5 Å². The topological polar surface area (TPSA) is 26.3 Å². The average molecular weight is 206 g/mol. The van der Waals surface area contributed by atoms with Gasteiger partial charge in [-0.2, -0.15) is 0 Å². The van der Waals surface area contributed by atoms with E-state index in [1.165, 1.54) is 5.57 Å². The second-order valence-electron chi connectivity index (χ2n) is 4.88. The summed E-state index contributed by atoms with van der Waals surface area (Å²) in [7, 11) is 0. The summed E-state index contributed by atoms with van der Waals surface area (Å²) in [4.78, 5) is 11.6. The van der Waals surface area contributed by atoms with Crippen LogP contribution < -0.4 is 0 Å². The fourth-order valence-corrected chi connectivity index (χ4v) is 2.50. The fraction of sp³-hybridized carbons (Fsp3) is 0.615. The number of carbonyl (C=O) groups is 1. The first kappa shape index (κ1) is 10.6. The summed E-state index contributed by atoms with van der Waals surface area (Å²) in [5, 5.41) is 0. The molecule has 2 aliphatic heterocycles. The maximum Gasteiger partial charge on any atom is 0.139 e. The van der Waals surface area contributed by atoms with Gasteiger partial charge in [0.1, 0.15) is 5.78 Å². The summed E-state index contributed by atoms with van der Waals surface area (Å²) in [6, 6.07) is 0. The van der Waals surface area contributed by atoms with E-state index in [2.05, 4.69) is 19.6 Å². The largest absolute Gasteiger partial charge is 0.362 e. The Kier molecular flexibility index (Phi) is 2.55. The predicted molar refractivity (Wildman–Crippen MR) is 59.7 cm³/mol. The van der Waals surface area contributed by atoms with Gasteiger partial charge >= 0.3 is 0 Å². The Morgan fingerprint density at radius 1 is 1.73 bits per heavy atom. The van der Waals surface area contributed by atoms with Crippen LogP contribution in [0.1, 0.15) is 39.5 Å². The normalized spacial score (nSPS) is 34.1. The first-order chi connectivity index (χ1) is 7.02. The number of carbonyl (C=O) groups excluding carboxylic acids is 1. The predicted octanol–water partition coefficient (Wildman–Crippen LogP) is 2.79. The zero-order chi connectivity index (χ0) is 11.1. The first-order valence-electron chi connectivity index (χ1n) is 5.55. The third kappa shape index (κ3) is 1.91. The van der Waals surface area contributed by atoms with Crippen molar-refractivity contribution in [3.63, 3.8) is 0 Å². The molecule has 2 heteroatoms. The number of hydrogen-bond donors (Lipinski definition) is 0. The summed E-state index contributed by atoms with van der Waals surface area (Å²) in [6.07, 6.45) is 5.10. The summed E-state index contributed by atoms with van der Waals surface area (Å²) >= 11 is 0. The molecular formula is C13H18O2. The number of Topliss-reactive ketones (excluding diaryl/α,β-unsaturated/α-hetero) is 1. The van der Waals surface area contributed by atoms with E-state index in [4.69, 9.17) is 4.74 Å². The van der Waals surface area contributed by atoms with Crippen molar-refractivity contribution in [2.75, 3.05) is 0 Å². The van der Waals surface area contributed by atoms with Crippen LogP contribution in [0.15, 0.2) is 23.8 Å². The van der Waals surface area contributed by atoms with E-state index in [1.54, 1.807) is 0 Å². The summed E-state index contributed by atoms with van der Waals surface area (Å²) < 4.78 is 5.96. The smallest absolute Gasteiger partial charge is 0.139 e. The molecule has 0 aromatic rings. The maximum absolute atomic E-state index is 11.6. The molecule has 15 heavy (non-hydrogen) atoms. The summed E-state index contributed by atoms with van der Waals surface area (Å²) in [5.41, 5.74) is 2.10. The third-order valence-corrected chi connectivity index (χ3v) is 3.40. The molecular weight excluding hydrogens is 188 g/mol. The second-order valence-corrected chi connectivity index (χ2v) is 4.88. The summed E-state index contributed by atoms with van der Waals surface area (Å²) in [5.74, 6) is 0.334. The molecule has 2 nitrogen and oxygen atoms in total.